The number of aryl methyl sites for hydroxylation is 1. The smallest absolute Gasteiger partial charge is 0.323 e. The Hall–Kier alpha value is -1.63. The lowest BCUT2D eigenvalue weighted by molar-refractivity contribution is -0.136. The number of nitrogens with one attached hydrogen (secondary N) is 1. The molecule has 0 fully saturated rings. The SMILES string of the molecule is Cc1ccc(NS(=O)(=O)C(C)C(=O)O)cc1F. The van der Waals surface area contributed by atoms with E-state index in [2.05, 4.69) is 0 Å². The van der Waals surface area contributed by atoms with Crippen molar-refractivity contribution in [2.45, 2.75) is 19.1 Å². The van der Waals surface area contributed by atoms with Gasteiger partial charge in [-0.25, -0.2) is 12.8 Å². The molecule has 0 radical (unpaired) electrons. The highest BCUT2D eigenvalue weighted by Gasteiger charge is 2.27. The van der Waals surface area contributed by atoms with E-state index in [9.17, 15) is 17.6 Å². The molecule has 1 aromatic rings. The van der Waals surface area contributed by atoms with Crippen LogP contribution in [0.4, 0.5) is 10.1 Å². The van der Waals surface area contributed by atoms with E-state index >= 15 is 0 Å². The summed E-state index contributed by atoms with van der Waals surface area (Å²) in [5.74, 6) is -2.03. The zero-order valence-corrected chi connectivity index (χ0v) is 10.1. The summed E-state index contributed by atoms with van der Waals surface area (Å²) in [5, 5.41) is 7.00. The molecular weight excluding hydrogens is 249 g/mol. The second-order valence-electron chi connectivity index (χ2n) is 3.59. The summed E-state index contributed by atoms with van der Waals surface area (Å²) in [6.07, 6.45) is 0. The molecule has 0 aliphatic carbocycles. The van der Waals surface area contributed by atoms with Gasteiger partial charge < -0.3 is 5.11 Å². The molecule has 5 nitrogen and oxygen atoms in total. The topological polar surface area (TPSA) is 83.5 Å². The molecule has 1 rings (SSSR count). The number of anilines is 1. The minimum absolute atomic E-state index is 0.00111. The van der Waals surface area contributed by atoms with Gasteiger partial charge in [0, 0.05) is 0 Å². The quantitative estimate of drug-likeness (QED) is 0.857. The molecule has 2 N–H and O–H groups in total. The Morgan fingerprint density at radius 3 is 2.53 bits per heavy atom. The fourth-order valence-corrected chi connectivity index (χ4v) is 1.94. The van der Waals surface area contributed by atoms with Crippen molar-refractivity contribution in [2.24, 2.45) is 0 Å². The maximum Gasteiger partial charge on any atom is 0.323 e. The lowest BCUT2D eigenvalue weighted by Crippen LogP contribution is -2.32. The van der Waals surface area contributed by atoms with Crippen molar-refractivity contribution in [3.8, 4) is 0 Å². The van der Waals surface area contributed by atoms with Crippen LogP contribution in [-0.4, -0.2) is 24.7 Å². The second kappa shape index (κ2) is 4.70. The number of hydrogen-bond acceptors (Lipinski definition) is 3. The third-order valence-electron chi connectivity index (χ3n) is 2.25. The van der Waals surface area contributed by atoms with E-state index in [1.165, 1.54) is 19.1 Å². The van der Waals surface area contributed by atoms with E-state index < -0.39 is 27.1 Å². The van der Waals surface area contributed by atoms with E-state index in [1.54, 1.807) is 0 Å². The van der Waals surface area contributed by atoms with Gasteiger partial charge in [-0.15, -0.1) is 0 Å². The van der Waals surface area contributed by atoms with Crippen molar-refractivity contribution in [3.05, 3.63) is 29.6 Å². The second-order valence-corrected chi connectivity index (χ2v) is 5.59. The normalized spacial score (nSPS) is 13.1. The number of halogens is 1. The highest BCUT2D eigenvalue weighted by molar-refractivity contribution is 7.94. The number of sulfonamides is 1. The van der Waals surface area contributed by atoms with E-state index in [0.717, 1.165) is 13.0 Å². The molecular formula is C10H12FNO4S. The molecule has 0 aromatic heterocycles. The Kier molecular flexibility index (Phi) is 3.72. The van der Waals surface area contributed by atoms with Crippen LogP contribution in [0.3, 0.4) is 0 Å². The number of carboxylic acid groups (broad SMARTS) is 1. The fourth-order valence-electron chi connectivity index (χ4n) is 1.04. The van der Waals surface area contributed by atoms with Gasteiger partial charge >= 0.3 is 5.97 Å². The Bertz CT molecular complexity index is 541. The number of hydrogen-bond donors (Lipinski definition) is 2. The lowest BCUT2D eigenvalue weighted by Gasteiger charge is -2.11. The summed E-state index contributed by atoms with van der Waals surface area (Å²) in [6, 6.07) is 3.77. The Labute approximate surface area is 98.3 Å². The lowest BCUT2D eigenvalue weighted by atomic mass is 10.2. The molecule has 1 unspecified atom stereocenters. The molecule has 1 atom stereocenters. The van der Waals surface area contributed by atoms with Crippen LogP contribution in [0, 0.1) is 12.7 Å². The van der Waals surface area contributed by atoms with Gasteiger partial charge in [-0.05, 0) is 31.5 Å². The third-order valence-corrected chi connectivity index (χ3v) is 3.90. The van der Waals surface area contributed by atoms with Crippen molar-refractivity contribution in [3.63, 3.8) is 0 Å². The molecule has 0 aliphatic rings. The van der Waals surface area contributed by atoms with Crippen LogP contribution in [0.5, 0.6) is 0 Å². The summed E-state index contributed by atoms with van der Waals surface area (Å²) < 4.78 is 38.2. The summed E-state index contributed by atoms with van der Waals surface area (Å²) in [7, 11) is -4.06. The molecule has 17 heavy (non-hydrogen) atoms. The van der Waals surface area contributed by atoms with Crippen molar-refractivity contribution in [2.75, 3.05) is 4.72 Å². The number of rotatable bonds is 4. The predicted molar refractivity (Wildman–Crippen MR) is 60.8 cm³/mol. The van der Waals surface area contributed by atoms with Crippen LogP contribution in [0.25, 0.3) is 0 Å². The number of benzene rings is 1. The molecule has 0 bridgehead atoms. The van der Waals surface area contributed by atoms with Crippen molar-refractivity contribution in [1.82, 2.24) is 0 Å². The van der Waals surface area contributed by atoms with Crippen LogP contribution < -0.4 is 4.72 Å². The molecule has 0 aliphatic heterocycles. The first-order valence-electron chi connectivity index (χ1n) is 4.74. The largest absolute Gasteiger partial charge is 0.480 e. The molecule has 7 heteroatoms. The average molecular weight is 261 g/mol. The number of carboxylic acids is 1. The Morgan fingerprint density at radius 1 is 1.47 bits per heavy atom. The number of aliphatic carboxylic acids is 1. The zero-order valence-electron chi connectivity index (χ0n) is 9.27. The first-order chi connectivity index (χ1) is 7.74. The van der Waals surface area contributed by atoms with Crippen molar-refractivity contribution < 1.29 is 22.7 Å². The van der Waals surface area contributed by atoms with Gasteiger partial charge in [0.15, 0.2) is 5.25 Å². The van der Waals surface area contributed by atoms with Gasteiger partial charge in [-0.1, -0.05) is 6.07 Å². The van der Waals surface area contributed by atoms with E-state index in [4.69, 9.17) is 5.11 Å². The van der Waals surface area contributed by atoms with Gasteiger partial charge in [0.1, 0.15) is 5.82 Å². The predicted octanol–water partition coefficient (Wildman–Crippen LogP) is 1.35. The van der Waals surface area contributed by atoms with Crippen LogP contribution in [0.1, 0.15) is 12.5 Å². The highest BCUT2D eigenvalue weighted by Crippen LogP contribution is 2.16. The Balaban J connectivity index is 2.98. The molecule has 0 saturated carbocycles. The van der Waals surface area contributed by atoms with Crippen LogP contribution >= 0.6 is 0 Å². The van der Waals surface area contributed by atoms with Crippen LogP contribution in [0.15, 0.2) is 18.2 Å². The number of carbonyl (C=O) groups is 1. The summed E-state index contributed by atoms with van der Waals surface area (Å²) >= 11 is 0. The Morgan fingerprint density at radius 2 is 2.06 bits per heavy atom. The maximum atomic E-state index is 13.2. The maximum absolute atomic E-state index is 13.2. The third kappa shape index (κ3) is 3.16. The summed E-state index contributed by atoms with van der Waals surface area (Å²) in [4.78, 5) is 10.6. The molecule has 94 valence electrons. The summed E-state index contributed by atoms with van der Waals surface area (Å²) in [6.45, 7) is 2.57. The van der Waals surface area contributed by atoms with Crippen molar-refractivity contribution >= 4 is 21.7 Å². The van der Waals surface area contributed by atoms with Gasteiger partial charge in [0.25, 0.3) is 0 Å². The van der Waals surface area contributed by atoms with Crippen molar-refractivity contribution in [1.29, 1.82) is 0 Å². The molecule has 0 heterocycles. The van der Waals surface area contributed by atoms with Gasteiger partial charge in [0.05, 0.1) is 5.69 Å². The monoisotopic (exact) mass is 261 g/mol. The molecule has 0 amide bonds. The molecule has 0 saturated heterocycles. The fraction of sp³-hybridized carbons (Fsp3) is 0.300. The van der Waals surface area contributed by atoms with Crippen LogP contribution in [0.2, 0.25) is 0 Å². The van der Waals surface area contributed by atoms with Gasteiger partial charge in [-0.3, -0.25) is 9.52 Å². The van der Waals surface area contributed by atoms with Gasteiger partial charge in [-0.2, -0.15) is 0 Å². The minimum atomic E-state index is -4.06. The molecule has 0 spiro atoms. The van der Waals surface area contributed by atoms with Gasteiger partial charge in [0.2, 0.25) is 10.0 Å². The first-order valence-corrected chi connectivity index (χ1v) is 6.29. The van der Waals surface area contributed by atoms with E-state index in [0.29, 0.717) is 5.56 Å². The summed E-state index contributed by atoms with van der Waals surface area (Å²) in [5.41, 5.74) is 0.375. The highest BCUT2D eigenvalue weighted by atomic mass is 32.2. The van der Waals surface area contributed by atoms with E-state index in [1.807, 2.05) is 4.72 Å². The minimum Gasteiger partial charge on any atom is -0.480 e. The first kappa shape index (κ1) is 13.4. The average Bonchev–Trinajstić information content (AvgIpc) is 2.22. The van der Waals surface area contributed by atoms with Crippen LogP contribution in [-0.2, 0) is 14.8 Å². The molecule has 1 aromatic carbocycles. The van der Waals surface area contributed by atoms with E-state index in [-0.39, 0.29) is 5.69 Å². The zero-order chi connectivity index (χ0) is 13.2. The standard InChI is InChI=1S/C10H12FNO4S/c1-6-3-4-8(5-9(6)11)12-17(15,16)7(2)10(13)14/h3-5,7,12H,1-2H3,(H,13,14).